The van der Waals surface area contributed by atoms with Crippen LogP contribution >= 0.6 is 0 Å². The van der Waals surface area contributed by atoms with E-state index in [1.807, 2.05) is 0 Å². The lowest BCUT2D eigenvalue weighted by Crippen LogP contribution is -2.42. The van der Waals surface area contributed by atoms with Gasteiger partial charge in [0.2, 0.25) is 0 Å². The van der Waals surface area contributed by atoms with Crippen LogP contribution in [0.2, 0.25) is 0 Å². The van der Waals surface area contributed by atoms with Crippen molar-refractivity contribution in [3.05, 3.63) is 0 Å². The third-order valence-corrected chi connectivity index (χ3v) is 3.47. The summed E-state index contributed by atoms with van der Waals surface area (Å²) in [5.74, 6) is 0. The van der Waals surface area contributed by atoms with Crippen molar-refractivity contribution in [2.75, 3.05) is 20.2 Å². The van der Waals surface area contributed by atoms with Crippen molar-refractivity contribution in [2.45, 2.75) is 26.3 Å². The van der Waals surface area contributed by atoms with Gasteiger partial charge in [-0.2, -0.15) is 12.7 Å². The van der Waals surface area contributed by atoms with Gasteiger partial charge in [0.1, 0.15) is 0 Å². The molecule has 0 bridgehead atoms. The molecule has 80 valence electrons. The maximum atomic E-state index is 11.4. The number of nitrogens with one attached hydrogen (secondary N) is 1. The molecule has 2 N–H and O–H groups in total. The molecule has 0 spiro atoms. The predicted molar refractivity (Wildman–Crippen MR) is 51.5 cm³/mol. The van der Waals surface area contributed by atoms with Gasteiger partial charge in [-0.15, -0.1) is 0 Å². The molecule has 0 heterocycles. The van der Waals surface area contributed by atoms with Crippen molar-refractivity contribution in [3.63, 3.8) is 0 Å². The lowest BCUT2D eigenvalue weighted by molar-refractivity contribution is 0.288. The Morgan fingerprint density at radius 1 is 1.46 bits per heavy atom. The van der Waals surface area contributed by atoms with Gasteiger partial charge in [0.25, 0.3) is 10.2 Å². The molecule has 0 aliphatic carbocycles. The van der Waals surface area contributed by atoms with E-state index in [-0.39, 0.29) is 19.2 Å². The summed E-state index contributed by atoms with van der Waals surface area (Å²) in [7, 11) is -1.84. The van der Waals surface area contributed by atoms with Crippen LogP contribution in [0.5, 0.6) is 0 Å². The van der Waals surface area contributed by atoms with Crippen LogP contribution < -0.4 is 4.72 Å². The molecule has 0 radical (unpaired) electrons. The van der Waals surface area contributed by atoms with Crippen LogP contribution in [0.4, 0.5) is 0 Å². The van der Waals surface area contributed by atoms with E-state index in [4.69, 9.17) is 5.11 Å². The summed E-state index contributed by atoms with van der Waals surface area (Å²) in [6.07, 6.45) is 0.436. The summed E-state index contributed by atoms with van der Waals surface area (Å²) in [5.41, 5.74) is 0. The van der Waals surface area contributed by atoms with Crippen molar-refractivity contribution in [3.8, 4) is 0 Å². The number of rotatable bonds is 6. The molecule has 0 aliphatic rings. The highest BCUT2D eigenvalue weighted by molar-refractivity contribution is 7.87. The predicted octanol–water partition coefficient (Wildman–Crippen LogP) is -0.457. The van der Waals surface area contributed by atoms with E-state index in [0.29, 0.717) is 6.42 Å². The normalized spacial score (nSPS) is 12.8. The first-order valence-electron chi connectivity index (χ1n) is 4.25. The smallest absolute Gasteiger partial charge is 0.279 e. The van der Waals surface area contributed by atoms with Gasteiger partial charge in [-0.05, 0) is 20.3 Å². The third-order valence-electron chi connectivity index (χ3n) is 1.73. The minimum absolute atomic E-state index is 0.00604. The fourth-order valence-electron chi connectivity index (χ4n) is 0.660. The van der Waals surface area contributed by atoms with Crippen LogP contribution in [0.25, 0.3) is 0 Å². The summed E-state index contributed by atoms with van der Waals surface area (Å²) >= 11 is 0. The van der Waals surface area contributed by atoms with E-state index in [1.54, 1.807) is 13.8 Å². The van der Waals surface area contributed by atoms with E-state index < -0.39 is 10.2 Å². The first-order chi connectivity index (χ1) is 5.91. The molecule has 0 amide bonds. The van der Waals surface area contributed by atoms with Crippen LogP contribution in [0.1, 0.15) is 20.3 Å². The van der Waals surface area contributed by atoms with Crippen LogP contribution in [-0.2, 0) is 10.2 Å². The Labute approximate surface area is 79.9 Å². The average molecular weight is 210 g/mol. The van der Waals surface area contributed by atoms with Crippen LogP contribution in [0, 0.1) is 0 Å². The molecule has 0 aliphatic heterocycles. The average Bonchev–Trinajstić information content (AvgIpc) is 2.03. The summed E-state index contributed by atoms with van der Waals surface area (Å²) < 4.78 is 26.4. The van der Waals surface area contributed by atoms with Crippen molar-refractivity contribution >= 4 is 10.2 Å². The van der Waals surface area contributed by atoms with E-state index >= 15 is 0 Å². The Hall–Kier alpha value is -0.170. The van der Waals surface area contributed by atoms with Gasteiger partial charge >= 0.3 is 0 Å². The number of aliphatic hydroxyl groups is 1. The van der Waals surface area contributed by atoms with Crippen molar-refractivity contribution in [2.24, 2.45) is 0 Å². The molecule has 0 unspecified atom stereocenters. The van der Waals surface area contributed by atoms with Gasteiger partial charge in [-0.25, -0.2) is 4.72 Å². The Balaban J connectivity index is 4.08. The SMILES string of the molecule is CC(C)N(C)S(=O)(=O)NCCCO. The quantitative estimate of drug-likeness (QED) is 0.583. The Bertz CT molecular complexity index is 226. The Morgan fingerprint density at radius 2 is 2.00 bits per heavy atom. The monoisotopic (exact) mass is 210 g/mol. The van der Waals surface area contributed by atoms with Gasteiger partial charge in [0, 0.05) is 26.2 Å². The maximum Gasteiger partial charge on any atom is 0.279 e. The van der Waals surface area contributed by atoms with E-state index in [2.05, 4.69) is 4.72 Å². The highest BCUT2D eigenvalue weighted by Crippen LogP contribution is 1.99. The van der Waals surface area contributed by atoms with Crippen LogP contribution in [0.15, 0.2) is 0 Å². The molecule has 0 fully saturated rings. The first-order valence-corrected chi connectivity index (χ1v) is 5.69. The molecular weight excluding hydrogens is 192 g/mol. The fraction of sp³-hybridized carbons (Fsp3) is 1.00. The number of nitrogens with zero attached hydrogens (tertiary/aromatic N) is 1. The lowest BCUT2D eigenvalue weighted by Gasteiger charge is -2.20. The minimum atomic E-state index is -3.36. The molecule has 0 rings (SSSR count). The zero-order valence-corrected chi connectivity index (χ0v) is 9.13. The second-order valence-electron chi connectivity index (χ2n) is 3.09. The van der Waals surface area contributed by atoms with Crippen molar-refractivity contribution < 1.29 is 13.5 Å². The Morgan fingerprint density at radius 3 is 2.38 bits per heavy atom. The molecule has 0 atom stereocenters. The Kier molecular flexibility index (Phi) is 5.46. The fourth-order valence-corrected chi connectivity index (χ4v) is 1.82. The summed E-state index contributed by atoms with van der Waals surface area (Å²) in [4.78, 5) is 0. The molecular formula is C7H18N2O3S. The largest absolute Gasteiger partial charge is 0.396 e. The number of hydrogen-bond donors (Lipinski definition) is 2. The summed E-state index contributed by atoms with van der Waals surface area (Å²) in [6, 6.07) is -0.0633. The number of aliphatic hydroxyl groups excluding tert-OH is 1. The van der Waals surface area contributed by atoms with Gasteiger partial charge in [0.05, 0.1) is 0 Å². The van der Waals surface area contributed by atoms with E-state index in [0.717, 1.165) is 0 Å². The zero-order chi connectivity index (χ0) is 10.5. The van der Waals surface area contributed by atoms with E-state index in [9.17, 15) is 8.42 Å². The van der Waals surface area contributed by atoms with E-state index in [1.165, 1.54) is 11.4 Å². The summed E-state index contributed by atoms with van der Waals surface area (Å²) in [5, 5.41) is 8.46. The molecule has 0 aromatic heterocycles. The molecule has 0 aromatic carbocycles. The van der Waals surface area contributed by atoms with Gasteiger partial charge in [-0.3, -0.25) is 0 Å². The molecule has 0 saturated heterocycles. The standard InChI is InChI=1S/C7H18N2O3S/c1-7(2)9(3)13(11,12)8-5-4-6-10/h7-8,10H,4-6H2,1-3H3. The number of hydrogen-bond acceptors (Lipinski definition) is 3. The third kappa shape index (κ3) is 4.56. The lowest BCUT2D eigenvalue weighted by atomic mass is 10.4. The van der Waals surface area contributed by atoms with Crippen molar-refractivity contribution in [1.29, 1.82) is 0 Å². The van der Waals surface area contributed by atoms with Crippen LogP contribution in [0.3, 0.4) is 0 Å². The topological polar surface area (TPSA) is 69.6 Å². The maximum absolute atomic E-state index is 11.4. The molecule has 6 heteroatoms. The second kappa shape index (κ2) is 5.54. The minimum Gasteiger partial charge on any atom is -0.396 e. The highest BCUT2D eigenvalue weighted by Gasteiger charge is 2.18. The zero-order valence-electron chi connectivity index (χ0n) is 8.32. The molecule has 0 aromatic rings. The van der Waals surface area contributed by atoms with Crippen LogP contribution in [-0.4, -0.2) is 44.1 Å². The van der Waals surface area contributed by atoms with Gasteiger partial charge in [0.15, 0.2) is 0 Å². The van der Waals surface area contributed by atoms with Crippen molar-refractivity contribution in [1.82, 2.24) is 9.03 Å². The second-order valence-corrected chi connectivity index (χ2v) is 4.90. The van der Waals surface area contributed by atoms with Gasteiger partial charge in [-0.1, -0.05) is 0 Å². The molecule has 0 saturated carbocycles. The summed E-state index contributed by atoms with van der Waals surface area (Å²) in [6.45, 7) is 3.86. The highest BCUT2D eigenvalue weighted by atomic mass is 32.2. The molecule has 13 heavy (non-hydrogen) atoms. The first kappa shape index (κ1) is 12.8. The molecule has 5 nitrogen and oxygen atoms in total. The van der Waals surface area contributed by atoms with Gasteiger partial charge < -0.3 is 5.11 Å².